The van der Waals surface area contributed by atoms with Gasteiger partial charge in [0.25, 0.3) is 0 Å². The van der Waals surface area contributed by atoms with E-state index >= 15 is 0 Å². The Morgan fingerprint density at radius 1 is 1.45 bits per heavy atom. The standard InChI is InChI=1S/C10H13O/c1-2-5-9(4-1)8-10-6-3-7-11-10/h1-2,4-5,10H,3,6-8H2. The van der Waals surface area contributed by atoms with E-state index in [1.165, 1.54) is 18.4 Å². The molecule has 0 aromatic carbocycles. The van der Waals surface area contributed by atoms with E-state index in [1.807, 2.05) is 0 Å². The van der Waals surface area contributed by atoms with Crippen LogP contribution in [0.15, 0.2) is 23.8 Å². The fraction of sp³-hybridized carbons (Fsp3) is 0.500. The van der Waals surface area contributed by atoms with Gasteiger partial charge in [0.05, 0.1) is 6.10 Å². The van der Waals surface area contributed by atoms with Gasteiger partial charge >= 0.3 is 0 Å². The van der Waals surface area contributed by atoms with Crippen molar-refractivity contribution in [1.29, 1.82) is 0 Å². The Kier molecular flexibility index (Phi) is 2.08. The molecule has 1 heteroatoms. The summed E-state index contributed by atoms with van der Waals surface area (Å²) in [6, 6.07) is 0. The van der Waals surface area contributed by atoms with Crippen LogP contribution in [-0.4, -0.2) is 12.7 Å². The predicted octanol–water partition coefficient (Wildman–Crippen LogP) is 2.26. The van der Waals surface area contributed by atoms with E-state index in [9.17, 15) is 0 Å². The largest absolute Gasteiger partial charge is 0.378 e. The van der Waals surface area contributed by atoms with Crippen LogP contribution in [0.1, 0.15) is 19.3 Å². The van der Waals surface area contributed by atoms with E-state index in [4.69, 9.17) is 4.74 Å². The number of hydrogen-bond acceptors (Lipinski definition) is 1. The van der Waals surface area contributed by atoms with Crippen LogP contribution in [0, 0.1) is 6.42 Å². The Labute approximate surface area is 67.7 Å². The monoisotopic (exact) mass is 149 g/mol. The molecule has 0 aromatic rings. The third-order valence-electron chi connectivity index (χ3n) is 2.22. The molecule has 1 fully saturated rings. The first-order valence-corrected chi connectivity index (χ1v) is 4.27. The van der Waals surface area contributed by atoms with E-state index in [0.717, 1.165) is 13.0 Å². The third-order valence-corrected chi connectivity index (χ3v) is 2.22. The summed E-state index contributed by atoms with van der Waals surface area (Å²) in [7, 11) is 0. The molecule has 0 amide bonds. The lowest BCUT2D eigenvalue weighted by molar-refractivity contribution is 0.112. The van der Waals surface area contributed by atoms with Crippen LogP contribution in [0.4, 0.5) is 0 Å². The molecule has 1 heterocycles. The van der Waals surface area contributed by atoms with Gasteiger partial charge in [0.2, 0.25) is 0 Å². The van der Waals surface area contributed by atoms with Gasteiger partial charge in [0.1, 0.15) is 0 Å². The molecule has 1 atom stereocenters. The summed E-state index contributed by atoms with van der Waals surface area (Å²) in [6.07, 6.45) is 12.6. The molecule has 11 heavy (non-hydrogen) atoms. The SMILES string of the molecule is [CH]1C=CC=C1CC1CCCO1. The van der Waals surface area contributed by atoms with Gasteiger partial charge in [-0.05, 0) is 19.3 Å². The van der Waals surface area contributed by atoms with E-state index in [0.29, 0.717) is 6.10 Å². The molecule has 0 N–H and O–H groups in total. The highest BCUT2D eigenvalue weighted by atomic mass is 16.5. The Balaban J connectivity index is 1.81. The summed E-state index contributed by atoms with van der Waals surface area (Å²) in [6.45, 7) is 0.964. The van der Waals surface area contributed by atoms with Crippen molar-refractivity contribution < 1.29 is 4.74 Å². The number of rotatable bonds is 2. The predicted molar refractivity (Wildman–Crippen MR) is 45.1 cm³/mol. The minimum absolute atomic E-state index is 0.498. The molecule has 1 aliphatic carbocycles. The highest BCUT2D eigenvalue weighted by Gasteiger charge is 2.16. The fourth-order valence-corrected chi connectivity index (χ4v) is 1.62. The van der Waals surface area contributed by atoms with Crippen molar-refractivity contribution in [3.05, 3.63) is 30.2 Å². The summed E-state index contributed by atoms with van der Waals surface area (Å²) in [5.41, 5.74) is 1.41. The summed E-state index contributed by atoms with van der Waals surface area (Å²) in [5, 5.41) is 0. The lowest BCUT2D eigenvalue weighted by Gasteiger charge is -2.08. The van der Waals surface area contributed by atoms with E-state index < -0.39 is 0 Å². The van der Waals surface area contributed by atoms with Gasteiger partial charge in [-0.2, -0.15) is 0 Å². The van der Waals surface area contributed by atoms with Crippen molar-refractivity contribution in [1.82, 2.24) is 0 Å². The highest BCUT2D eigenvalue weighted by Crippen LogP contribution is 2.22. The topological polar surface area (TPSA) is 9.23 Å². The first-order valence-electron chi connectivity index (χ1n) is 4.27. The van der Waals surface area contributed by atoms with Crippen LogP contribution in [-0.2, 0) is 4.74 Å². The average Bonchev–Trinajstić information content (AvgIpc) is 2.60. The summed E-state index contributed by atoms with van der Waals surface area (Å²) >= 11 is 0. The normalized spacial score (nSPS) is 29.5. The second-order valence-corrected chi connectivity index (χ2v) is 3.13. The Morgan fingerprint density at radius 3 is 3.09 bits per heavy atom. The van der Waals surface area contributed by atoms with Gasteiger partial charge in [0, 0.05) is 13.0 Å². The molecule has 1 unspecified atom stereocenters. The minimum atomic E-state index is 0.498. The molecular formula is C10H13O. The summed E-state index contributed by atoms with van der Waals surface area (Å²) < 4.78 is 5.53. The van der Waals surface area contributed by atoms with E-state index in [-0.39, 0.29) is 0 Å². The maximum atomic E-state index is 5.53. The second kappa shape index (κ2) is 3.22. The molecule has 0 spiro atoms. The molecule has 1 aliphatic heterocycles. The first kappa shape index (κ1) is 7.11. The molecule has 0 saturated carbocycles. The molecule has 1 saturated heterocycles. The van der Waals surface area contributed by atoms with Crippen LogP contribution < -0.4 is 0 Å². The van der Waals surface area contributed by atoms with Gasteiger partial charge in [-0.15, -0.1) is 0 Å². The molecule has 1 radical (unpaired) electrons. The summed E-state index contributed by atoms with van der Waals surface area (Å²) in [5.74, 6) is 0. The van der Waals surface area contributed by atoms with Crippen LogP contribution in [0.2, 0.25) is 0 Å². The maximum absolute atomic E-state index is 5.53. The minimum Gasteiger partial charge on any atom is -0.378 e. The van der Waals surface area contributed by atoms with Gasteiger partial charge in [-0.1, -0.05) is 23.8 Å². The summed E-state index contributed by atoms with van der Waals surface area (Å²) in [4.78, 5) is 0. The smallest absolute Gasteiger partial charge is 0.0613 e. The zero-order valence-electron chi connectivity index (χ0n) is 6.62. The molecule has 59 valence electrons. The van der Waals surface area contributed by atoms with Crippen molar-refractivity contribution in [3.8, 4) is 0 Å². The van der Waals surface area contributed by atoms with Crippen molar-refractivity contribution >= 4 is 0 Å². The fourth-order valence-electron chi connectivity index (χ4n) is 1.62. The molecule has 0 bridgehead atoms. The quantitative estimate of drug-likeness (QED) is 0.585. The van der Waals surface area contributed by atoms with Gasteiger partial charge in [-0.3, -0.25) is 0 Å². The molecule has 1 nitrogen and oxygen atoms in total. The lowest BCUT2D eigenvalue weighted by atomic mass is 10.1. The van der Waals surface area contributed by atoms with Crippen LogP contribution >= 0.6 is 0 Å². The van der Waals surface area contributed by atoms with Crippen molar-refractivity contribution in [2.75, 3.05) is 6.61 Å². The van der Waals surface area contributed by atoms with Gasteiger partial charge < -0.3 is 4.74 Å². The Hall–Kier alpha value is -0.560. The Morgan fingerprint density at radius 2 is 2.45 bits per heavy atom. The highest BCUT2D eigenvalue weighted by molar-refractivity contribution is 5.34. The van der Waals surface area contributed by atoms with Gasteiger partial charge in [0.15, 0.2) is 0 Å². The van der Waals surface area contributed by atoms with Crippen LogP contribution in [0.5, 0.6) is 0 Å². The van der Waals surface area contributed by atoms with E-state index in [1.54, 1.807) is 0 Å². The average molecular weight is 149 g/mol. The number of hydrogen-bond donors (Lipinski definition) is 0. The molecule has 0 aromatic heterocycles. The first-order chi connectivity index (χ1) is 5.45. The van der Waals surface area contributed by atoms with Crippen molar-refractivity contribution in [2.45, 2.75) is 25.4 Å². The Bertz CT molecular complexity index is 185. The zero-order chi connectivity index (χ0) is 7.52. The van der Waals surface area contributed by atoms with Crippen molar-refractivity contribution in [3.63, 3.8) is 0 Å². The third kappa shape index (κ3) is 1.72. The zero-order valence-corrected chi connectivity index (χ0v) is 6.62. The van der Waals surface area contributed by atoms with Gasteiger partial charge in [-0.25, -0.2) is 0 Å². The molecular weight excluding hydrogens is 136 g/mol. The second-order valence-electron chi connectivity index (χ2n) is 3.13. The number of allylic oxidation sites excluding steroid dienone is 3. The lowest BCUT2D eigenvalue weighted by Crippen LogP contribution is -2.05. The molecule has 2 aliphatic rings. The van der Waals surface area contributed by atoms with Crippen molar-refractivity contribution in [2.24, 2.45) is 0 Å². The van der Waals surface area contributed by atoms with E-state index in [2.05, 4.69) is 24.6 Å². The molecule has 2 rings (SSSR count). The van der Waals surface area contributed by atoms with Crippen LogP contribution in [0.25, 0.3) is 0 Å². The van der Waals surface area contributed by atoms with Crippen LogP contribution in [0.3, 0.4) is 0 Å². The maximum Gasteiger partial charge on any atom is 0.0613 e. The number of ether oxygens (including phenoxy) is 1.